The lowest BCUT2D eigenvalue weighted by atomic mass is 9.78. The van der Waals surface area contributed by atoms with Gasteiger partial charge in [0.15, 0.2) is 0 Å². The molecular formula is C29H34O2. The van der Waals surface area contributed by atoms with Crippen LogP contribution < -0.4 is 4.74 Å². The van der Waals surface area contributed by atoms with Gasteiger partial charge in [-0.2, -0.15) is 0 Å². The third kappa shape index (κ3) is 5.25. The molecule has 0 heterocycles. The van der Waals surface area contributed by atoms with Crippen LogP contribution in [0.25, 0.3) is 11.1 Å². The van der Waals surface area contributed by atoms with Crippen LogP contribution in [0.2, 0.25) is 0 Å². The highest BCUT2D eigenvalue weighted by atomic mass is 16.5. The maximum atomic E-state index is 13.1. The Morgan fingerprint density at radius 1 is 0.645 bits per heavy atom. The Hall–Kier alpha value is -2.87. The van der Waals surface area contributed by atoms with Crippen LogP contribution in [0, 0.1) is 13.8 Å². The maximum Gasteiger partial charge on any atom is 0.343 e. The molecule has 162 valence electrons. The SMILES string of the molecule is Cc1ccc(-c2ccc(C(=O)Oc3c(C(C)(C)C)cc(C)cc3C(C)(C)C)cc2)cc1. The highest BCUT2D eigenvalue weighted by Crippen LogP contribution is 2.41. The van der Waals surface area contributed by atoms with E-state index in [9.17, 15) is 4.79 Å². The Kier molecular flexibility index (Phi) is 6.14. The van der Waals surface area contributed by atoms with Gasteiger partial charge in [0, 0.05) is 11.1 Å². The molecule has 3 aromatic rings. The van der Waals surface area contributed by atoms with Gasteiger partial charge in [0.1, 0.15) is 5.75 Å². The summed E-state index contributed by atoms with van der Waals surface area (Å²) in [7, 11) is 0. The molecule has 0 unspecified atom stereocenters. The number of hydrogen-bond acceptors (Lipinski definition) is 2. The monoisotopic (exact) mass is 414 g/mol. The van der Waals surface area contributed by atoms with Crippen LogP contribution in [0.4, 0.5) is 0 Å². The fourth-order valence-corrected chi connectivity index (χ4v) is 3.69. The van der Waals surface area contributed by atoms with E-state index in [0.717, 1.165) is 22.3 Å². The number of hydrogen-bond donors (Lipinski definition) is 0. The number of esters is 1. The van der Waals surface area contributed by atoms with Gasteiger partial charge in [-0.25, -0.2) is 4.79 Å². The Bertz CT molecular complexity index is 1040. The van der Waals surface area contributed by atoms with E-state index >= 15 is 0 Å². The van der Waals surface area contributed by atoms with E-state index in [0.29, 0.717) is 11.3 Å². The lowest BCUT2D eigenvalue weighted by molar-refractivity contribution is 0.0728. The van der Waals surface area contributed by atoms with Crippen molar-refractivity contribution in [2.75, 3.05) is 0 Å². The molecule has 0 aromatic heterocycles. The summed E-state index contributed by atoms with van der Waals surface area (Å²) in [6.07, 6.45) is 0. The van der Waals surface area contributed by atoms with Crippen molar-refractivity contribution in [1.29, 1.82) is 0 Å². The molecule has 3 rings (SSSR count). The third-order valence-corrected chi connectivity index (χ3v) is 5.55. The van der Waals surface area contributed by atoms with Crippen LogP contribution in [-0.4, -0.2) is 5.97 Å². The first-order valence-electron chi connectivity index (χ1n) is 10.9. The Morgan fingerprint density at radius 3 is 1.48 bits per heavy atom. The molecule has 31 heavy (non-hydrogen) atoms. The van der Waals surface area contributed by atoms with Crippen molar-refractivity contribution in [1.82, 2.24) is 0 Å². The van der Waals surface area contributed by atoms with Crippen LogP contribution >= 0.6 is 0 Å². The van der Waals surface area contributed by atoms with Crippen LogP contribution in [-0.2, 0) is 10.8 Å². The molecule has 0 saturated carbocycles. The molecule has 0 aliphatic heterocycles. The first kappa shape index (κ1) is 22.8. The van der Waals surface area contributed by atoms with E-state index in [1.807, 2.05) is 24.3 Å². The first-order chi connectivity index (χ1) is 14.4. The van der Waals surface area contributed by atoms with Gasteiger partial charge in [0.25, 0.3) is 0 Å². The minimum atomic E-state index is -0.324. The van der Waals surface area contributed by atoms with Gasteiger partial charge in [0.05, 0.1) is 5.56 Å². The van der Waals surface area contributed by atoms with Gasteiger partial charge >= 0.3 is 5.97 Å². The predicted octanol–water partition coefficient (Wildman–Crippen LogP) is 7.78. The fraction of sp³-hybridized carbons (Fsp3) is 0.345. The number of carbonyl (C=O) groups excluding carboxylic acids is 1. The molecular weight excluding hydrogens is 380 g/mol. The smallest absolute Gasteiger partial charge is 0.343 e. The van der Waals surface area contributed by atoms with Gasteiger partial charge in [-0.05, 0) is 47.9 Å². The van der Waals surface area contributed by atoms with Crippen molar-refractivity contribution in [3.05, 3.63) is 88.5 Å². The summed E-state index contributed by atoms with van der Waals surface area (Å²) < 4.78 is 6.09. The quantitative estimate of drug-likeness (QED) is 0.323. The van der Waals surface area contributed by atoms with E-state index in [1.165, 1.54) is 11.1 Å². The average Bonchev–Trinajstić information content (AvgIpc) is 2.68. The number of ether oxygens (including phenoxy) is 1. The molecule has 0 saturated heterocycles. The molecule has 0 aliphatic rings. The molecule has 2 heteroatoms. The minimum Gasteiger partial charge on any atom is -0.422 e. The lowest BCUT2D eigenvalue weighted by Crippen LogP contribution is -2.22. The number of benzene rings is 3. The molecule has 0 atom stereocenters. The first-order valence-corrected chi connectivity index (χ1v) is 10.9. The third-order valence-electron chi connectivity index (χ3n) is 5.55. The highest BCUT2D eigenvalue weighted by molar-refractivity contribution is 5.92. The zero-order valence-corrected chi connectivity index (χ0v) is 20.1. The molecule has 0 aliphatic carbocycles. The minimum absolute atomic E-state index is 0.142. The van der Waals surface area contributed by atoms with Crippen LogP contribution in [0.5, 0.6) is 5.75 Å². The molecule has 0 bridgehead atoms. The molecule has 0 N–H and O–H groups in total. The summed E-state index contributed by atoms with van der Waals surface area (Å²) in [4.78, 5) is 13.1. The van der Waals surface area contributed by atoms with E-state index in [4.69, 9.17) is 4.74 Å². The van der Waals surface area contributed by atoms with E-state index < -0.39 is 0 Å². The lowest BCUT2D eigenvalue weighted by Gasteiger charge is -2.29. The van der Waals surface area contributed by atoms with Crippen molar-refractivity contribution in [2.24, 2.45) is 0 Å². The standard InChI is InChI=1S/C29H34O2/c1-19-9-11-21(12-10-19)22-13-15-23(16-14-22)27(30)31-26-24(28(3,4)5)17-20(2)18-25(26)29(6,7)8/h9-18H,1-8H3. The van der Waals surface area contributed by atoms with Gasteiger partial charge in [-0.1, -0.05) is 101 Å². The molecule has 0 radical (unpaired) electrons. The van der Waals surface area contributed by atoms with E-state index in [-0.39, 0.29) is 16.8 Å². The van der Waals surface area contributed by atoms with Crippen LogP contribution in [0.15, 0.2) is 60.7 Å². The van der Waals surface area contributed by atoms with Gasteiger partial charge < -0.3 is 4.74 Å². The summed E-state index contributed by atoms with van der Waals surface area (Å²) in [5.41, 5.74) is 7.00. The highest BCUT2D eigenvalue weighted by Gasteiger charge is 2.29. The van der Waals surface area contributed by atoms with Crippen molar-refractivity contribution in [2.45, 2.75) is 66.2 Å². The zero-order chi connectivity index (χ0) is 23.0. The van der Waals surface area contributed by atoms with E-state index in [2.05, 4.69) is 91.8 Å². The molecule has 0 spiro atoms. The van der Waals surface area contributed by atoms with Crippen molar-refractivity contribution < 1.29 is 9.53 Å². The number of aryl methyl sites for hydroxylation is 2. The Balaban J connectivity index is 1.97. The van der Waals surface area contributed by atoms with Crippen LogP contribution in [0.1, 0.15) is 74.2 Å². The summed E-state index contributed by atoms with van der Waals surface area (Å²) in [6, 6.07) is 20.3. The van der Waals surface area contributed by atoms with Crippen LogP contribution in [0.3, 0.4) is 0 Å². The predicted molar refractivity (Wildman–Crippen MR) is 130 cm³/mol. The summed E-state index contributed by atoms with van der Waals surface area (Å²) in [6.45, 7) is 17.1. The zero-order valence-electron chi connectivity index (χ0n) is 20.1. The van der Waals surface area contributed by atoms with Gasteiger partial charge in [-0.3, -0.25) is 0 Å². The Morgan fingerprint density at radius 2 is 1.06 bits per heavy atom. The fourth-order valence-electron chi connectivity index (χ4n) is 3.69. The normalized spacial score (nSPS) is 12.0. The largest absolute Gasteiger partial charge is 0.422 e. The molecule has 3 aromatic carbocycles. The maximum absolute atomic E-state index is 13.1. The summed E-state index contributed by atoms with van der Waals surface area (Å²) in [5, 5.41) is 0. The molecule has 0 amide bonds. The van der Waals surface area contributed by atoms with E-state index in [1.54, 1.807) is 0 Å². The second-order valence-electron chi connectivity index (χ2n) is 10.5. The number of rotatable bonds is 3. The molecule has 2 nitrogen and oxygen atoms in total. The second kappa shape index (κ2) is 8.34. The van der Waals surface area contributed by atoms with Crippen molar-refractivity contribution >= 4 is 5.97 Å². The van der Waals surface area contributed by atoms with Gasteiger partial charge in [-0.15, -0.1) is 0 Å². The average molecular weight is 415 g/mol. The summed E-state index contributed by atoms with van der Waals surface area (Å²) in [5.74, 6) is 0.369. The van der Waals surface area contributed by atoms with Crippen molar-refractivity contribution in [3.63, 3.8) is 0 Å². The summed E-state index contributed by atoms with van der Waals surface area (Å²) >= 11 is 0. The number of carbonyl (C=O) groups is 1. The topological polar surface area (TPSA) is 26.3 Å². The Labute approximate surface area is 187 Å². The van der Waals surface area contributed by atoms with Crippen molar-refractivity contribution in [3.8, 4) is 16.9 Å². The molecule has 0 fully saturated rings. The van der Waals surface area contributed by atoms with Gasteiger partial charge in [0.2, 0.25) is 0 Å². The second-order valence-corrected chi connectivity index (χ2v) is 10.5.